The van der Waals surface area contributed by atoms with Gasteiger partial charge >= 0.3 is 65.0 Å². The Kier molecular flexibility index (Phi) is 43.2. The summed E-state index contributed by atoms with van der Waals surface area (Å²) >= 11 is 0. The second kappa shape index (κ2) is 12.8. The van der Waals surface area contributed by atoms with Crippen molar-refractivity contribution in [3.8, 4) is 0 Å². The summed E-state index contributed by atoms with van der Waals surface area (Å²) < 4.78 is 8.55. The van der Waals surface area contributed by atoms with Crippen LogP contribution in [0.2, 0.25) is 0 Å². The SMILES string of the molecule is O=P([O-])([O-])[O-].[Cd+2].[Li+].[Li+].[OH-]. The Balaban J connectivity index is -0.0000000133. The van der Waals surface area contributed by atoms with Gasteiger partial charge in [-0.15, -0.1) is 0 Å². The van der Waals surface area contributed by atoms with Crippen LogP contribution in [0.4, 0.5) is 0 Å². The Morgan fingerprint density at radius 3 is 1.00 bits per heavy atom. The van der Waals surface area contributed by atoms with Crippen LogP contribution in [0.15, 0.2) is 0 Å². The van der Waals surface area contributed by atoms with E-state index >= 15 is 0 Å². The Morgan fingerprint density at radius 1 is 1.00 bits per heavy atom. The third-order valence-corrected chi connectivity index (χ3v) is 0. The van der Waals surface area contributed by atoms with Gasteiger partial charge in [0.05, 0.1) is 0 Å². The maximum atomic E-state index is 8.55. The van der Waals surface area contributed by atoms with Gasteiger partial charge in [-0.05, 0) is 0 Å². The standard InChI is InChI=1S/Cd.2Li.H3O4P.H2O/c;;;1-5(2,3)4;/h;;;(H3,1,2,3,4);1H2/q+2;2*+1;;/p-4. The average molecular weight is 238 g/mol. The third-order valence-electron chi connectivity index (χ3n) is 0. The van der Waals surface area contributed by atoms with Gasteiger partial charge in [-0.1, -0.05) is 0 Å². The van der Waals surface area contributed by atoms with Crippen molar-refractivity contribution >= 4 is 7.82 Å². The van der Waals surface area contributed by atoms with Crippen LogP contribution in [0.3, 0.4) is 0 Å². The molecule has 9 heavy (non-hydrogen) atoms. The minimum absolute atomic E-state index is 0. The zero-order chi connectivity index (χ0) is 4.50. The van der Waals surface area contributed by atoms with Crippen molar-refractivity contribution in [3.05, 3.63) is 0 Å². The molecule has 0 aromatic carbocycles. The molecular weight excluding hydrogens is 237 g/mol. The number of hydrogen-bond acceptors (Lipinski definition) is 5. The fourth-order valence-electron chi connectivity index (χ4n) is 0. The summed E-state index contributed by atoms with van der Waals surface area (Å²) in [5.74, 6) is 0. The summed E-state index contributed by atoms with van der Waals surface area (Å²) in [6.07, 6.45) is 0. The Hall–Kier alpha value is 2.19. The van der Waals surface area contributed by atoms with Gasteiger partial charge in [0.15, 0.2) is 0 Å². The Morgan fingerprint density at radius 2 is 1.00 bits per heavy atom. The summed E-state index contributed by atoms with van der Waals surface area (Å²) in [7, 11) is -5.39. The van der Waals surface area contributed by atoms with Gasteiger partial charge in [-0.2, -0.15) is 7.82 Å². The van der Waals surface area contributed by atoms with Crippen molar-refractivity contribution in [2.45, 2.75) is 0 Å². The number of rotatable bonds is 0. The summed E-state index contributed by atoms with van der Waals surface area (Å²) in [5, 5.41) is 0. The summed E-state index contributed by atoms with van der Waals surface area (Å²) in [6, 6.07) is 0. The van der Waals surface area contributed by atoms with Gasteiger partial charge in [0.1, 0.15) is 0 Å². The van der Waals surface area contributed by atoms with Crippen LogP contribution in [0.1, 0.15) is 0 Å². The molecule has 40 valence electrons. The molecule has 0 aliphatic carbocycles. The fraction of sp³-hybridized carbons (Fsp3) is 0. The van der Waals surface area contributed by atoms with Crippen LogP contribution in [0, 0.1) is 0 Å². The summed E-state index contributed by atoms with van der Waals surface area (Å²) in [6.45, 7) is 0. The minimum Gasteiger partial charge on any atom is -0.870 e. The van der Waals surface area contributed by atoms with Crippen molar-refractivity contribution in [1.29, 1.82) is 0 Å². The number of hydrogen-bond donors (Lipinski definition) is 0. The van der Waals surface area contributed by atoms with E-state index in [1.807, 2.05) is 0 Å². The Labute approximate surface area is 96.7 Å². The molecule has 0 atom stereocenters. The monoisotopic (exact) mass is 240 g/mol. The van der Waals surface area contributed by atoms with Gasteiger partial charge in [-0.25, -0.2) is 0 Å². The van der Waals surface area contributed by atoms with Crippen molar-refractivity contribution in [2.24, 2.45) is 0 Å². The van der Waals surface area contributed by atoms with Crippen molar-refractivity contribution < 1.29 is 89.7 Å². The topological polar surface area (TPSA) is 116 Å². The van der Waals surface area contributed by atoms with Crippen LogP contribution in [0.25, 0.3) is 0 Å². The fourth-order valence-corrected chi connectivity index (χ4v) is 0. The van der Waals surface area contributed by atoms with Crippen LogP contribution in [0.5, 0.6) is 0 Å². The molecule has 0 aromatic heterocycles. The average Bonchev–Trinajstić information content (AvgIpc) is 0.722. The summed E-state index contributed by atoms with van der Waals surface area (Å²) in [4.78, 5) is 25.6. The second-order valence-corrected chi connectivity index (χ2v) is 1.34. The van der Waals surface area contributed by atoms with Crippen LogP contribution >= 0.6 is 7.82 Å². The molecule has 5 nitrogen and oxygen atoms in total. The largest absolute Gasteiger partial charge is 2.00 e. The first-order chi connectivity index (χ1) is 2.00. The molecule has 0 amide bonds. The van der Waals surface area contributed by atoms with E-state index in [1.54, 1.807) is 0 Å². The zero-order valence-electron chi connectivity index (χ0n) is 5.23. The van der Waals surface area contributed by atoms with Crippen LogP contribution < -0.4 is 52.4 Å². The van der Waals surface area contributed by atoms with Crippen molar-refractivity contribution in [2.75, 3.05) is 0 Å². The molecule has 0 aliphatic heterocycles. The summed E-state index contributed by atoms with van der Waals surface area (Å²) in [5.41, 5.74) is 0. The quantitative estimate of drug-likeness (QED) is 0.307. The van der Waals surface area contributed by atoms with Gasteiger partial charge in [0.2, 0.25) is 0 Å². The predicted octanol–water partition coefficient (Wildman–Crippen LogP) is -9.00. The first kappa shape index (κ1) is 30.3. The first-order valence-electron chi connectivity index (χ1n) is 0.730. The maximum absolute atomic E-state index is 8.55. The zero-order valence-corrected chi connectivity index (χ0v) is 10.2. The molecule has 1 N–H and O–H groups in total. The van der Waals surface area contributed by atoms with Crippen LogP contribution in [-0.2, 0) is 31.9 Å². The van der Waals surface area contributed by atoms with Gasteiger partial charge in [-0.3, -0.25) is 0 Å². The van der Waals surface area contributed by atoms with Gasteiger partial charge < -0.3 is 24.7 Å². The smallest absolute Gasteiger partial charge is 0.870 e. The second-order valence-electron chi connectivity index (χ2n) is 0.447. The first-order valence-corrected chi connectivity index (χ1v) is 2.19. The normalized spacial score (nSPS) is 6.56. The number of phosphoric acid groups is 1. The Bertz CT molecular complexity index is 61.1. The van der Waals surface area contributed by atoms with E-state index in [2.05, 4.69) is 0 Å². The molecule has 0 rings (SSSR count). The molecular formula is HCdLi2O5P. The third kappa shape index (κ3) is 143. The molecule has 0 saturated heterocycles. The molecule has 0 unspecified atom stereocenters. The molecule has 0 spiro atoms. The van der Waals surface area contributed by atoms with E-state index in [0.29, 0.717) is 0 Å². The molecule has 0 saturated carbocycles. The van der Waals surface area contributed by atoms with E-state index in [0.717, 1.165) is 0 Å². The molecule has 0 aromatic rings. The predicted molar refractivity (Wildman–Crippen MR) is 9.54 cm³/mol. The van der Waals surface area contributed by atoms with Crippen LogP contribution in [-0.4, -0.2) is 5.48 Å². The van der Waals surface area contributed by atoms with E-state index in [9.17, 15) is 0 Å². The molecule has 0 fully saturated rings. The van der Waals surface area contributed by atoms with E-state index < -0.39 is 7.82 Å². The molecule has 9 heteroatoms. The van der Waals surface area contributed by atoms with Crippen molar-refractivity contribution in [1.82, 2.24) is 0 Å². The van der Waals surface area contributed by atoms with Gasteiger partial charge in [0, 0.05) is 0 Å². The van der Waals surface area contributed by atoms with E-state index in [-0.39, 0.29) is 70.5 Å². The molecule has 0 heterocycles. The maximum Gasteiger partial charge on any atom is 2.00 e. The molecule has 0 radical (unpaired) electrons. The molecule has 0 aliphatic rings. The van der Waals surface area contributed by atoms with E-state index in [4.69, 9.17) is 19.2 Å². The van der Waals surface area contributed by atoms with E-state index in [1.165, 1.54) is 0 Å². The minimum atomic E-state index is -5.39. The van der Waals surface area contributed by atoms with Crippen molar-refractivity contribution in [3.63, 3.8) is 0 Å². The van der Waals surface area contributed by atoms with Gasteiger partial charge in [0.25, 0.3) is 0 Å². The molecule has 0 bridgehead atoms.